The zero-order valence-electron chi connectivity index (χ0n) is 16.0. The average Bonchev–Trinajstić information content (AvgIpc) is 2.71. The summed E-state index contributed by atoms with van der Waals surface area (Å²) in [5, 5.41) is 5.58. The lowest BCUT2D eigenvalue weighted by molar-refractivity contribution is -0.117. The molecule has 0 spiro atoms. The van der Waals surface area contributed by atoms with Gasteiger partial charge in [-0.3, -0.25) is 14.4 Å². The molecule has 1 aliphatic rings. The quantitative estimate of drug-likeness (QED) is 0.805. The zero-order chi connectivity index (χ0) is 20.1. The van der Waals surface area contributed by atoms with Crippen molar-refractivity contribution in [2.24, 2.45) is 0 Å². The van der Waals surface area contributed by atoms with E-state index in [1.807, 2.05) is 6.92 Å². The van der Waals surface area contributed by atoms with Crippen LogP contribution in [0.4, 0.5) is 11.4 Å². The molecular weight excluding hydrogens is 358 g/mol. The monoisotopic (exact) mass is 381 g/mol. The number of carbonyl (C=O) groups is 3. The van der Waals surface area contributed by atoms with E-state index in [9.17, 15) is 14.4 Å². The number of methoxy groups -OCH3 is 1. The molecule has 0 fully saturated rings. The third kappa shape index (κ3) is 4.49. The van der Waals surface area contributed by atoms with Gasteiger partial charge in [-0.15, -0.1) is 0 Å². The van der Waals surface area contributed by atoms with Crippen LogP contribution >= 0.6 is 0 Å². The van der Waals surface area contributed by atoms with Gasteiger partial charge in [-0.25, -0.2) is 0 Å². The highest BCUT2D eigenvalue weighted by atomic mass is 16.5. The minimum atomic E-state index is -0.284. The second kappa shape index (κ2) is 8.56. The lowest BCUT2D eigenvalue weighted by Crippen LogP contribution is -2.38. The first-order valence-electron chi connectivity index (χ1n) is 9.16. The number of hydrogen-bond donors (Lipinski definition) is 2. The summed E-state index contributed by atoms with van der Waals surface area (Å²) in [6.45, 7) is 2.17. The van der Waals surface area contributed by atoms with Crippen molar-refractivity contribution in [3.63, 3.8) is 0 Å². The fourth-order valence-electron chi connectivity index (χ4n) is 3.10. The minimum Gasteiger partial charge on any atom is -0.497 e. The molecule has 146 valence electrons. The topological polar surface area (TPSA) is 87.7 Å². The van der Waals surface area contributed by atoms with Crippen LogP contribution in [0.1, 0.15) is 29.3 Å². The first kappa shape index (κ1) is 19.4. The Morgan fingerprint density at radius 2 is 2.00 bits per heavy atom. The molecule has 0 radical (unpaired) electrons. The average molecular weight is 381 g/mol. The third-order valence-electron chi connectivity index (χ3n) is 4.60. The summed E-state index contributed by atoms with van der Waals surface area (Å²) in [5.41, 5.74) is 2.79. The molecule has 0 aliphatic carbocycles. The van der Waals surface area contributed by atoms with E-state index in [-0.39, 0.29) is 24.3 Å². The van der Waals surface area contributed by atoms with Crippen LogP contribution in [0.3, 0.4) is 0 Å². The third-order valence-corrected chi connectivity index (χ3v) is 4.60. The van der Waals surface area contributed by atoms with E-state index >= 15 is 0 Å². The first-order valence-corrected chi connectivity index (χ1v) is 9.16. The van der Waals surface area contributed by atoms with Crippen molar-refractivity contribution in [2.75, 3.05) is 30.8 Å². The van der Waals surface area contributed by atoms with Crippen molar-refractivity contribution in [2.45, 2.75) is 19.8 Å². The number of anilines is 2. The van der Waals surface area contributed by atoms with Crippen molar-refractivity contribution >= 4 is 29.1 Å². The molecule has 0 aromatic heterocycles. The van der Waals surface area contributed by atoms with Gasteiger partial charge in [0.2, 0.25) is 11.8 Å². The molecular formula is C21H23N3O4. The van der Waals surface area contributed by atoms with Gasteiger partial charge in [-0.2, -0.15) is 0 Å². The molecule has 2 aromatic carbocycles. The van der Waals surface area contributed by atoms with Crippen LogP contribution in [0.5, 0.6) is 5.75 Å². The second-order valence-electron chi connectivity index (χ2n) is 6.52. The highest BCUT2D eigenvalue weighted by molar-refractivity contribution is 6.00. The normalized spacial score (nSPS) is 12.6. The molecule has 7 nitrogen and oxygen atoms in total. The minimum absolute atomic E-state index is 0.0176. The van der Waals surface area contributed by atoms with Gasteiger partial charge in [0.25, 0.3) is 5.91 Å². The van der Waals surface area contributed by atoms with E-state index in [1.54, 1.807) is 49.6 Å². The van der Waals surface area contributed by atoms with Gasteiger partial charge in [0.05, 0.1) is 7.11 Å². The van der Waals surface area contributed by atoms with Gasteiger partial charge in [-0.05, 0) is 49.2 Å². The lowest BCUT2D eigenvalue weighted by Gasteiger charge is -2.22. The fraction of sp³-hybridized carbons (Fsp3) is 0.286. The van der Waals surface area contributed by atoms with Crippen molar-refractivity contribution in [3.8, 4) is 5.75 Å². The molecule has 3 amide bonds. The van der Waals surface area contributed by atoms with Gasteiger partial charge in [0.1, 0.15) is 12.3 Å². The van der Waals surface area contributed by atoms with E-state index < -0.39 is 0 Å². The molecule has 3 rings (SSSR count). The summed E-state index contributed by atoms with van der Waals surface area (Å²) in [7, 11) is 1.56. The maximum absolute atomic E-state index is 12.9. The number of amides is 3. The number of carbonyl (C=O) groups excluding carboxylic acids is 3. The van der Waals surface area contributed by atoms with Crippen LogP contribution in [0.15, 0.2) is 42.5 Å². The van der Waals surface area contributed by atoms with Crippen LogP contribution in [0.25, 0.3) is 0 Å². The van der Waals surface area contributed by atoms with Gasteiger partial charge in [0.15, 0.2) is 0 Å². The SMILES string of the molecule is CCN(CC(=O)Nc1cccc(OC)c1)C(=O)c1ccc2c(c1)CCC(=O)N2. The van der Waals surface area contributed by atoms with Crippen LogP contribution in [-0.4, -0.2) is 42.8 Å². The Hall–Kier alpha value is -3.35. The second-order valence-corrected chi connectivity index (χ2v) is 6.52. The number of nitrogens with zero attached hydrogens (tertiary/aromatic N) is 1. The number of aryl methyl sites for hydroxylation is 1. The van der Waals surface area contributed by atoms with Gasteiger partial charge in [0, 0.05) is 36.0 Å². The number of nitrogens with one attached hydrogen (secondary N) is 2. The van der Waals surface area contributed by atoms with E-state index in [0.29, 0.717) is 36.4 Å². The van der Waals surface area contributed by atoms with Crippen molar-refractivity contribution in [1.29, 1.82) is 0 Å². The largest absolute Gasteiger partial charge is 0.497 e. The summed E-state index contributed by atoms with van der Waals surface area (Å²) >= 11 is 0. The predicted octanol–water partition coefficient (Wildman–Crippen LogP) is 2.68. The molecule has 2 aromatic rings. The molecule has 7 heteroatoms. The summed E-state index contributed by atoms with van der Waals surface area (Å²) in [6.07, 6.45) is 1.01. The van der Waals surface area contributed by atoms with Gasteiger partial charge < -0.3 is 20.3 Å². The Labute approximate surface area is 163 Å². The first-order chi connectivity index (χ1) is 13.5. The van der Waals surface area contributed by atoms with E-state index in [4.69, 9.17) is 4.74 Å². The Bertz CT molecular complexity index is 910. The van der Waals surface area contributed by atoms with Gasteiger partial charge in [-0.1, -0.05) is 6.07 Å². The summed E-state index contributed by atoms with van der Waals surface area (Å²) < 4.78 is 5.14. The predicted molar refractivity (Wildman–Crippen MR) is 107 cm³/mol. The van der Waals surface area contributed by atoms with Crippen molar-refractivity contribution in [3.05, 3.63) is 53.6 Å². The zero-order valence-corrected chi connectivity index (χ0v) is 16.0. The molecule has 0 atom stereocenters. The van der Waals surface area contributed by atoms with Crippen molar-refractivity contribution in [1.82, 2.24) is 4.90 Å². The number of benzene rings is 2. The summed E-state index contributed by atoms with van der Waals surface area (Å²) in [6, 6.07) is 12.3. The molecule has 2 N–H and O–H groups in total. The van der Waals surface area contributed by atoms with Crippen LogP contribution in [0, 0.1) is 0 Å². The summed E-state index contributed by atoms with van der Waals surface area (Å²) in [4.78, 5) is 38.2. The smallest absolute Gasteiger partial charge is 0.254 e. The van der Waals surface area contributed by atoms with Crippen LogP contribution < -0.4 is 15.4 Å². The standard InChI is InChI=1S/C21H23N3O4/c1-3-24(13-20(26)22-16-5-4-6-17(12-16)28-2)21(27)15-7-9-18-14(11-15)8-10-19(25)23-18/h4-7,9,11-12H,3,8,10,13H2,1-2H3,(H,22,26)(H,23,25). The Balaban J connectivity index is 1.68. The maximum Gasteiger partial charge on any atom is 0.254 e. The number of hydrogen-bond acceptors (Lipinski definition) is 4. The van der Waals surface area contributed by atoms with E-state index in [1.165, 1.54) is 4.90 Å². The number of fused-ring (bicyclic) bond motifs is 1. The number of ether oxygens (including phenoxy) is 1. The van der Waals surface area contributed by atoms with E-state index in [2.05, 4.69) is 10.6 Å². The molecule has 28 heavy (non-hydrogen) atoms. The Morgan fingerprint density at radius 1 is 1.18 bits per heavy atom. The molecule has 0 unspecified atom stereocenters. The lowest BCUT2D eigenvalue weighted by atomic mass is 10.00. The van der Waals surface area contributed by atoms with Crippen molar-refractivity contribution < 1.29 is 19.1 Å². The highest BCUT2D eigenvalue weighted by Crippen LogP contribution is 2.24. The number of rotatable bonds is 6. The molecule has 0 saturated carbocycles. The van der Waals surface area contributed by atoms with Crippen LogP contribution in [-0.2, 0) is 16.0 Å². The molecule has 0 bridgehead atoms. The number of likely N-dealkylation sites (N-methyl/N-ethyl adjacent to an activating group) is 1. The highest BCUT2D eigenvalue weighted by Gasteiger charge is 2.21. The van der Waals surface area contributed by atoms with Gasteiger partial charge >= 0.3 is 0 Å². The summed E-state index contributed by atoms with van der Waals surface area (Å²) in [5.74, 6) is 0.120. The molecule has 1 heterocycles. The Kier molecular flexibility index (Phi) is 5.93. The molecule has 1 aliphatic heterocycles. The maximum atomic E-state index is 12.9. The van der Waals surface area contributed by atoms with Crippen LogP contribution in [0.2, 0.25) is 0 Å². The fourth-order valence-corrected chi connectivity index (χ4v) is 3.10. The Morgan fingerprint density at radius 3 is 2.75 bits per heavy atom. The molecule has 0 saturated heterocycles. The van der Waals surface area contributed by atoms with E-state index in [0.717, 1.165) is 11.3 Å².